The number of likely N-dealkylation sites (tertiary alicyclic amines) is 1. The number of carboxylic acid groups (broad SMARTS) is 1. The number of carbonyl (C=O) groups excluding carboxylic acids is 1. The number of aliphatic carboxylic acids is 1. The molecular weight excluding hydrogens is 208 g/mol. The standard InChI is InChI=1S/C11H20N2O3/c1-9(11(15)16)12(2)8-10(14)13-6-4-3-5-7-13/h9H,3-8H2,1-2H3,(H,15,16). The lowest BCUT2D eigenvalue weighted by Crippen LogP contribution is -2.45. The van der Waals surface area contributed by atoms with Gasteiger partial charge in [-0.2, -0.15) is 0 Å². The number of piperidine rings is 1. The van der Waals surface area contributed by atoms with Crippen molar-refractivity contribution in [2.24, 2.45) is 0 Å². The van der Waals surface area contributed by atoms with Crippen LogP contribution in [-0.2, 0) is 9.59 Å². The van der Waals surface area contributed by atoms with E-state index >= 15 is 0 Å². The molecule has 0 saturated carbocycles. The molecule has 0 aliphatic carbocycles. The van der Waals surface area contributed by atoms with Gasteiger partial charge in [-0.1, -0.05) is 0 Å². The van der Waals surface area contributed by atoms with Crippen LogP contribution < -0.4 is 0 Å². The van der Waals surface area contributed by atoms with E-state index in [0.29, 0.717) is 0 Å². The zero-order chi connectivity index (χ0) is 12.1. The summed E-state index contributed by atoms with van der Waals surface area (Å²) in [4.78, 5) is 26.0. The topological polar surface area (TPSA) is 60.9 Å². The third-order valence-electron chi connectivity index (χ3n) is 3.11. The fraction of sp³-hybridized carbons (Fsp3) is 0.818. The first-order valence-corrected chi connectivity index (χ1v) is 5.73. The molecule has 16 heavy (non-hydrogen) atoms. The summed E-state index contributed by atoms with van der Waals surface area (Å²) < 4.78 is 0. The molecule has 1 rings (SSSR count). The Morgan fingerprint density at radius 3 is 2.38 bits per heavy atom. The van der Waals surface area contributed by atoms with Gasteiger partial charge in [0.05, 0.1) is 6.54 Å². The van der Waals surface area contributed by atoms with Crippen molar-refractivity contribution in [3.05, 3.63) is 0 Å². The molecule has 0 spiro atoms. The molecule has 1 amide bonds. The van der Waals surface area contributed by atoms with Crippen molar-refractivity contribution < 1.29 is 14.7 Å². The average Bonchev–Trinajstić information content (AvgIpc) is 2.28. The molecule has 1 atom stereocenters. The number of rotatable bonds is 4. The summed E-state index contributed by atoms with van der Waals surface area (Å²) >= 11 is 0. The Bertz CT molecular complexity index is 262. The Kier molecular flexibility index (Phi) is 4.73. The summed E-state index contributed by atoms with van der Waals surface area (Å²) in [5, 5.41) is 8.81. The summed E-state index contributed by atoms with van der Waals surface area (Å²) in [5.41, 5.74) is 0. The normalized spacial score (nSPS) is 18.6. The van der Waals surface area contributed by atoms with Gasteiger partial charge in [-0.3, -0.25) is 14.5 Å². The molecule has 1 saturated heterocycles. The molecule has 1 N–H and O–H groups in total. The van der Waals surface area contributed by atoms with Gasteiger partial charge >= 0.3 is 5.97 Å². The van der Waals surface area contributed by atoms with Crippen molar-refractivity contribution in [2.45, 2.75) is 32.2 Å². The highest BCUT2D eigenvalue weighted by Crippen LogP contribution is 2.09. The van der Waals surface area contributed by atoms with Crippen molar-refractivity contribution in [3.8, 4) is 0 Å². The van der Waals surface area contributed by atoms with Crippen LogP contribution in [0.5, 0.6) is 0 Å². The monoisotopic (exact) mass is 228 g/mol. The Balaban J connectivity index is 2.40. The molecule has 1 unspecified atom stereocenters. The third kappa shape index (κ3) is 3.48. The molecule has 0 aromatic carbocycles. The van der Waals surface area contributed by atoms with Crippen molar-refractivity contribution in [1.82, 2.24) is 9.80 Å². The van der Waals surface area contributed by atoms with Gasteiger partial charge in [0.1, 0.15) is 6.04 Å². The molecule has 0 aromatic heterocycles. The Morgan fingerprint density at radius 2 is 1.88 bits per heavy atom. The number of amides is 1. The zero-order valence-electron chi connectivity index (χ0n) is 9.98. The SMILES string of the molecule is CC(C(=O)O)N(C)CC(=O)N1CCCCC1. The van der Waals surface area contributed by atoms with E-state index in [9.17, 15) is 9.59 Å². The van der Waals surface area contributed by atoms with Crippen LogP contribution in [0.3, 0.4) is 0 Å². The lowest BCUT2D eigenvalue weighted by molar-refractivity contribution is -0.143. The van der Waals surface area contributed by atoms with Gasteiger partial charge in [0.2, 0.25) is 5.91 Å². The van der Waals surface area contributed by atoms with Crippen molar-refractivity contribution in [2.75, 3.05) is 26.7 Å². The largest absolute Gasteiger partial charge is 0.480 e. The van der Waals surface area contributed by atoms with E-state index < -0.39 is 12.0 Å². The summed E-state index contributed by atoms with van der Waals surface area (Å²) in [6.45, 7) is 3.40. The van der Waals surface area contributed by atoms with Crippen LogP contribution in [0.4, 0.5) is 0 Å². The van der Waals surface area contributed by atoms with E-state index in [1.165, 1.54) is 6.42 Å². The highest BCUT2D eigenvalue weighted by Gasteiger charge is 2.22. The van der Waals surface area contributed by atoms with E-state index in [-0.39, 0.29) is 12.5 Å². The smallest absolute Gasteiger partial charge is 0.320 e. The highest BCUT2D eigenvalue weighted by molar-refractivity contribution is 5.80. The van der Waals surface area contributed by atoms with Crippen LogP contribution in [0.15, 0.2) is 0 Å². The maximum absolute atomic E-state index is 11.8. The number of hydrogen-bond acceptors (Lipinski definition) is 3. The van der Waals surface area contributed by atoms with E-state index in [1.54, 1.807) is 18.9 Å². The molecule has 5 heteroatoms. The van der Waals surface area contributed by atoms with Crippen LogP contribution in [-0.4, -0.2) is 59.5 Å². The summed E-state index contributed by atoms with van der Waals surface area (Å²) in [7, 11) is 1.67. The van der Waals surface area contributed by atoms with Crippen LogP contribution in [0.1, 0.15) is 26.2 Å². The van der Waals surface area contributed by atoms with Gasteiger partial charge in [0.25, 0.3) is 0 Å². The molecule has 92 valence electrons. The number of nitrogens with zero attached hydrogens (tertiary/aromatic N) is 2. The molecule has 0 radical (unpaired) electrons. The quantitative estimate of drug-likeness (QED) is 0.757. The molecule has 5 nitrogen and oxygen atoms in total. The first-order chi connectivity index (χ1) is 7.52. The Hall–Kier alpha value is -1.10. The molecular formula is C11H20N2O3. The second-order valence-electron chi connectivity index (χ2n) is 4.37. The van der Waals surface area contributed by atoms with E-state index in [0.717, 1.165) is 25.9 Å². The average molecular weight is 228 g/mol. The highest BCUT2D eigenvalue weighted by atomic mass is 16.4. The third-order valence-corrected chi connectivity index (χ3v) is 3.11. The van der Waals surface area contributed by atoms with Crippen LogP contribution in [0.2, 0.25) is 0 Å². The number of hydrogen-bond donors (Lipinski definition) is 1. The Morgan fingerprint density at radius 1 is 1.31 bits per heavy atom. The van der Waals surface area contributed by atoms with Crippen LogP contribution >= 0.6 is 0 Å². The first kappa shape index (κ1) is 13.0. The predicted molar refractivity (Wildman–Crippen MR) is 60.2 cm³/mol. The van der Waals surface area contributed by atoms with Crippen LogP contribution in [0.25, 0.3) is 0 Å². The summed E-state index contributed by atoms with van der Waals surface area (Å²) in [6, 6.07) is -0.617. The van der Waals surface area contributed by atoms with Gasteiger partial charge in [0.15, 0.2) is 0 Å². The van der Waals surface area contributed by atoms with E-state index in [1.807, 2.05) is 4.90 Å². The van der Waals surface area contributed by atoms with Crippen LogP contribution in [0, 0.1) is 0 Å². The minimum atomic E-state index is -0.894. The van der Waals surface area contributed by atoms with E-state index in [4.69, 9.17) is 5.11 Å². The summed E-state index contributed by atoms with van der Waals surface area (Å²) in [6.07, 6.45) is 3.30. The van der Waals surface area contributed by atoms with Crippen molar-refractivity contribution >= 4 is 11.9 Å². The number of likely N-dealkylation sites (N-methyl/N-ethyl adjacent to an activating group) is 1. The molecule has 0 aromatic rings. The second kappa shape index (κ2) is 5.84. The first-order valence-electron chi connectivity index (χ1n) is 5.73. The lowest BCUT2D eigenvalue weighted by atomic mass is 10.1. The molecule has 1 fully saturated rings. The molecule has 1 heterocycles. The zero-order valence-corrected chi connectivity index (χ0v) is 9.98. The van der Waals surface area contributed by atoms with Gasteiger partial charge < -0.3 is 10.0 Å². The number of carboxylic acids is 1. The summed E-state index contributed by atoms with van der Waals surface area (Å²) in [5.74, 6) is -0.857. The van der Waals surface area contributed by atoms with Gasteiger partial charge in [-0.15, -0.1) is 0 Å². The molecule has 1 aliphatic heterocycles. The fourth-order valence-corrected chi connectivity index (χ4v) is 1.78. The van der Waals surface area contributed by atoms with Gasteiger partial charge in [-0.25, -0.2) is 0 Å². The molecule has 1 aliphatic rings. The minimum Gasteiger partial charge on any atom is -0.480 e. The fourth-order valence-electron chi connectivity index (χ4n) is 1.78. The van der Waals surface area contributed by atoms with Gasteiger partial charge in [-0.05, 0) is 33.2 Å². The van der Waals surface area contributed by atoms with Crippen molar-refractivity contribution in [1.29, 1.82) is 0 Å². The maximum Gasteiger partial charge on any atom is 0.320 e. The van der Waals surface area contributed by atoms with E-state index in [2.05, 4.69) is 0 Å². The Labute approximate surface area is 96.0 Å². The lowest BCUT2D eigenvalue weighted by Gasteiger charge is -2.29. The predicted octanol–water partition coefficient (Wildman–Crippen LogP) is 0.404. The number of carbonyl (C=O) groups is 2. The van der Waals surface area contributed by atoms with Crippen molar-refractivity contribution in [3.63, 3.8) is 0 Å². The second-order valence-corrected chi connectivity index (χ2v) is 4.37. The molecule has 0 bridgehead atoms. The minimum absolute atomic E-state index is 0.0373. The maximum atomic E-state index is 11.8. The van der Waals surface area contributed by atoms with Gasteiger partial charge in [0, 0.05) is 13.1 Å².